The first-order valence-electron chi connectivity index (χ1n) is 5.51. The predicted molar refractivity (Wildman–Crippen MR) is 75.1 cm³/mol. The van der Waals surface area contributed by atoms with Gasteiger partial charge in [-0.3, -0.25) is 9.00 Å². The van der Waals surface area contributed by atoms with Gasteiger partial charge in [0.2, 0.25) is 0 Å². The second-order valence-electron chi connectivity index (χ2n) is 4.87. The molecule has 0 heterocycles. The Morgan fingerprint density at radius 2 is 2.00 bits per heavy atom. The molecule has 0 spiro atoms. The maximum atomic E-state index is 12.0. The summed E-state index contributed by atoms with van der Waals surface area (Å²) in [7, 11) is 0.306. The highest BCUT2D eigenvalue weighted by Crippen LogP contribution is 2.25. The first kappa shape index (κ1) is 15.2. The number of benzene rings is 1. The van der Waals surface area contributed by atoms with Crippen molar-refractivity contribution in [2.24, 2.45) is 0 Å². The van der Waals surface area contributed by atoms with Crippen LogP contribution >= 0.6 is 11.6 Å². The molecule has 1 unspecified atom stereocenters. The Bertz CT molecular complexity index is 478. The summed E-state index contributed by atoms with van der Waals surface area (Å²) in [5.74, 6) is 0.351. The van der Waals surface area contributed by atoms with E-state index in [1.807, 2.05) is 20.8 Å². The fourth-order valence-corrected chi connectivity index (χ4v) is 2.35. The van der Waals surface area contributed by atoms with Gasteiger partial charge in [-0.25, -0.2) is 0 Å². The van der Waals surface area contributed by atoms with Crippen LogP contribution in [0.2, 0.25) is 5.02 Å². The van der Waals surface area contributed by atoms with Crippen LogP contribution in [-0.4, -0.2) is 27.6 Å². The maximum absolute atomic E-state index is 12.0. The number of hydrogen-bond donors (Lipinski definition) is 0. The number of ketones is 1. The molecule has 0 saturated heterocycles. The Kier molecular flexibility index (Phi) is 4.93. The van der Waals surface area contributed by atoms with Crippen molar-refractivity contribution in [3.8, 4) is 5.75 Å². The van der Waals surface area contributed by atoms with Crippen LogP contribution in [0.25, 0.3) is 0 Å². The lowest BCUT2D eigenvalue weighted by atomic mass is 10.1. The highest BCUT2D eigenvalue weighted by atomic mass is 35.5. The molecule has 0 fully saturated rings. The molecule has 0 N–H and O–H groups in total. The van der Waals surface area contributed by atoms with E-state index in [1.54, 1.807) is 18.2 Å². The number of ether oxygens (including phenoxy) is 1. The molecule has 1 aromatic rings. The summed E-state index contributed by atoms with van der Waals surface area (Å²) in [6.07, 6.45) is 0. The van der Waals surface area contributed by atoms with Crippen molar-refractivity contribution < 1.29 is 13.7 Å². The summed E-state index contributed by atoms with van der Waals surface area (Å²) >= 11 is 5.95. The monoisotopic (exact) mass is 288 g/mol. The Morgan fingerprint density at radius 3 is 2.44 bits per heavy atom. The van der Waals surface area contributed by atoms with E-state index in [4.69, 9.17) is 16.3 Å². The van der Waals surface area contributed by atoms with Crippen LogP contribution in [0.1, 0.15) is 31.1 Å². The minimum absolute atomic E-state index is 0.00611. The van der Waals surface area contributed by atoms with E-state index in [9.17, 15) is 9.00 Å². The van der Waals surface area contributed by atoms with Crippen molar-refractivity contribution in [2.45, 2.75) is 25.5 Å². The van der Waals surface area contributed by atoms with Crippen molar-refractivity contribution in [3.05, 3.63) is 28.8 Å². The molecule has 18 heavy (non-hydrogen) atoms. The maximum Gasteiger partial charge on any atom is 0.175 e. The van der Waals surface area contributed by atoms with Crippen molar-refractivity contribution in [3.63, 3.8) is 0 Å². The van der Waals surface area contributed by atoms with Gasteiger partial charge in [0.05, 0.1) is 17.9 Å². The van der Waals surface area contributed by atoms with Crippen molar-refractivity contribution in [1.29, 1.82) is 0 Å². The van der Waals surface area contributed by atoms with Crippen LogP contribution < -0.4 is 4.74 Å². The van der Waals surface area contributed by atoms with Crippen LogP contribution in [0.3, 0.4) is 0 Å². The summed E-state index contributed by atoms with van der Waals surface area (Å²) in [6.45, 7) is 5.53. The first-order valence-corrected chi connectivity index (χ1v) is 7.20. The van der Waals surface area contributed by atoms with E-state index in [0.717, 1.165) is 0 Å². The summed E-state index contributed by atoms with van der Waals surface area (Å²) in [6, 6.07) is 4.81. The molecule has 0 aliphatic heterocycles. The van der Waals surface area contributed by atoms with Gasteiger partial charge in [0, 0.05) is 21.1 Å². The van der Waals surface area contributed by atoms with Crippen molar-refractivity contribution >= 4 is 28.2 Å². The zero-order valence-corrected chi connectivity index (χ0v) is 12.5. The molecule has 5 heteroatoms. The summed E-state index contributed by atoms with van der Waals surface area (Å²) in [5, 5.41) is 0.380. The number of rotatable bonds is 4. The topological polar surface area (TPSA) is 43.4 Å². The Morgan fingerprint density at radius 1 is 1.39 bits per heavy atom. The SMILES string of the molecule is COc1ccc(C(=O)CS(=O)C(C)(C)C)cc1Cl. The van der Waals surface area contributed by atoms with E-state index >= 15 is 0 Å². The smallest absolute Gasteiger partial charge is 0.175 e. The minimum atomic E-state index is -1.21. The average molecular weight is 289 g/mol. The Labute approximate surface area is 115 Å². The third kappa shape index (κ3) is 3.82. The number of Topliss-reactive ketones (excluding diaryl/α,β-unsaturated/α-hetero) is 1. The molecule has 0 aliphatic rings. The van der Waals surface area contributed by atoms with Crippen molar-refractivity contribution in [2.75, 3.05) is 12.9 Å². The highest BCUT2D eigenvalue weighted by molar-refractivity contribution is 7.87. The molecule has 0 radical (unpaired) electrons. The molecule has 0 saturated carbocycles. The molecule has 3 nitrogen and oxygen atoms in total. The van der Waals surface area contributed by atoms with Crippen LogP contribution in [-0.2, 0) is 10.8 Å². The lowest BCUT2D eigenvalue weighted by Gasteiger charge is -2.17. The zero-order valence-electron chi connectivity index (χ0n) is 11.0. The predicted octanol–water partition coefficient (Wildman–Crippen LogP) is 3.08. The standard InChI is InChI=1S/C13H17ClO3S/c1-13(2,3)18(16)8-11(15)9-5-6-12(17-4)10(14)7-9/h5-7H,8H2,1-4H3. The van der Waals surface area contributed by atoms with E-state index in [2.05, 4.69) is 0 Å². The van der Waals surface area contributed by atoms with E-state index in [0.29, 0.717) is 16.3 Å². The molecule has 100 valence electrons. The van der Waals surface area contributed by atoms with Gasteiger partial charge in [0.15, 0.2) is 5.78 Å². The molecule has 0 bridgehead atoms. The van der Waals surface area contributed by atoms with Gasteiger partial charge in [-0.1, -0.05) is 11.6 Å². The fourth-order valence-electron chi connectivity index (χ4n) is 1.26. The van der Waals surface area contributed by atoms with E-state index in [-0.39, 0.29) is 11.5 Å². The lowest BCUT2D eigenvalue weighted by molar-refractivity contribution is 0.102. The molecular formula is C13H17ClO3S. The average Bonchev–Trinajstić information content (AvgIpc) is 2.27. The number of carbonyl (C=O) groups is 1. The van der Waals surface area contributed by atoms with Gasteiger partial charge in [-0.2, -0.15) is 0 Å². The van der Waals surface area contributed by atoms with Gasteiger partial charge in [-0.15, -0.1) is 0 Å². The molecule has 0 aromatic heterocycles. The number of methoxy groups -OCH3 is 1. The third-order valence-electron chi connectivity index (χ3n) is 2.42. The molecule has 1 atom stereocenters. The minimum Gasteiger partial charge on any atom is -0.495 e. The lowest BCUT2D eigenvalue weighted by Crippen LogP contribution is -2.27. The zero-order chi connectivity index (χ0) is 13.9. The van der Waals surface area contributed by atoms with Gasteiger partial charge in [0.25, 0.3) is 0 Å². The van der Waals surface area contributed by atoms with Gasteiger partial charge in [0.1, 0.15) is 5.75 Å². The second kappa shape index (κ2) is 5.85. The fraction of sp³-hybridized carbons (Fsp3) is 0.462. The Balaban J connectivity index is 2.86. The number of hydrogen-bond acceptors (Lipinski definition) is 3. The number of halogens is 1. The quantitative estimate of drug-likeness (QED) is 0.800. The largest absolute Gasteiger partial charge is 0.495 e. The van der Waals surface area contributed by atoms with Gasteiger partial charge in [-0.05, 0) is 39.0 Å². The summed E-state index contributed by atoms with van der Waals surface area (Å²) in [5.41, 5.74) is 0.457. The Hall–Kier alpha value is -0.870. The molecular weight excluding hydrogens is 272 g/mol. The molecule has 0 aliphatic carbocycles. The normalized spacial score (nSPS) is 13.2. The van der Waals surface area contributed by atoms with Crippen LogP contribution in [0.5, 0.6) is 5.75 Å². The van der Waals surface area contributed by atoms with Crippen molar-refractivity contribution in [1.82, 2.24) is 0 Å². The van der Waals surface area contributed by atoms with Crippen LogP contribution in [0.4, 0.5) is 0 Å². The number of carbonyl (C=O) groups excluding carboxylic acids is 1. The van der Waals surface area contributed by atoms with E-state index < -0.39 is 15.5 Å². The molecule has 0 amide bonds. The van der Waals surface area contributed by atoms with Gasteiger partial charge < -0.3 is 4.74 Å². The third-order valence-corrected chi connectivity index (χ3v) is 4.60. The second-order valence-corrected chi connectivity index (χ2v) is 7.49. The summed E-state index contributed by atoms with van der Waals surface area (Å²) < 4.78 is 16.5. The van der Waals surface area contributed by atoms with Crippen LogP contribution in [0, 0.1) is 0 Å². The summed E-state index contributed by atoms with van der Waals surface area (Å²) in [4.78, 5) is 12.0. The highest BCUT2D eigenvalue weighted by Gasteiger charge is 2.22. The molecule has 1 rings (SSSR count). The first-order chi connectivity index (χ1) is 8.25. The van der Waals surface area contributed by atoms with Crippen LogP contribution in [0.15, 0.2) is 18.2 Å². The van der Waals surface area contributed by atoms with Gasteiger partial charge >= 0.3 is 0 Å². The molecule has 1 aromatic carbocycles. The van der Waals surface area contributed by atoms with E-state index in [1.165, 1.54) is 7.11 Å².